The summed E-state index contributed by atoms with van der Waals surface area (Å²) in [6.07, 6.45) is 0. The number of carbonyl (C=O) groups excluding carboxylic acids is 1. The third-order valence-corrected chi connectivity index (χ3v) is 5.30. The Morgan fingerprint density at radius 2 is 1.73 bits per heavy atom. The second-order valence-electron chi connectivity index (χ2n) is 8.21. The van der Waals surface area contributed by atoms with Crippen LogP contribution >= 0.6 is 0 Å². The lowest BCUT2D eigenvalue weighted by molar-refractivity contribution is -0.128. The van der Waals surface area contributed by atoms with E-state index in [1.807, 2.05) is 6.92 Å². The standard InChI is InChI=1S/C17H36N4O/c1-13(16(3,4)5)11-20-15(22)17(6,18)14(2)12-21-9-7-19-8-10-21/h13-14,19H,7-12,18H2,1-6H3,(H,20,22). The van der Waals surface area contributed by atoms with E-state index in [0.717, 1.165) is 32.7 Å². The number of piperazine rings is 1. The summed E-state index contributed by atoms with van der Waals surface area (Å²) < 4.78 is 0. The van der Waals surface area contributed by atoms with Gasteiger partial charge in [-0.1, -0.05) is 34.6 Å². The summed E-state index contributed by atoms with van der Waals surface area (Å²) in [6.45, 7) is 18.3. The molecule has 4 N–H and O–H groups in total. The second-order valence-corrected chi connectivity index (χ2v) is 8.21. The molecule has 22 heavy (non-hydrogen) atoms. The van der Waals surface area contributed by atoms with Gasteiger partial charge in [0, 0.05) is 39.3 Å². The Morgan fingerprint density at radius 3 is 2.23 bits per heavy atom. The lowest BCUT2D eigenvalue weighted by Crippen LogP contribution is -2.59. The van der Waals surface area contributed by atoms with Crippen LogP contribution in [-0.4, -0.2) is 55.6 Å². The molecular weight excluding hydrogens is 276 g/mol. The van der Waals surface area contributed by atoms with Crippen LogP contribution in [0.1, 0.15) is 41.5 Å². The third kappa shape index (κ3) is 5.52. The topological polar surface area (TPSA) is 70.4 Å². The van der Waals surface area contributed by atoms with Crippen molar-refractivity contribution in [1.29, 1.82) is 0 Å². The first-order chi connectivity index (χ1) is 10.0. The molecule has 5 heteroatoms. The number of nitrogens with one attached hydrogen (secondary N) is 2. The highest BCUT2D eigenvalue weighted by Gasteiger charge is 2.36. The summed E-state index contributed by atoms with van der Waals surface area (Å²) in [5, 5.41) is 6.40. The Labute approximate surface area is 136 Å². The molecule has 1 aliphatic heterocycles. The van der Waals surface area contributed by atoms with E-state index in [1.165, 1.54) is 0 Å². The first-order valence-corrected chi connectivity index (χ1v) is 8.55. The van der Waals surface area contributed by atoms with E-state index in [1.54, 1.807) is 0 Å². The van der Waals surface area contributed by atoms with E-state index in [2.05, 4.69) is 50.2 Å². The fraction of sp³-hybridized carbons (Fsp3) is 0.941. The van der Waals surface area contributed by atoms with Gasteiger partial charge in [0.1, 0.15) is 0 Å². The van der Waals surface area contributed by atoms with Crippen LogP contribution in [0, 0.1) is 17.3 Å². The monoisotopic (exact) mass is 312 g/mol. The van der Waals surface area contributed by atoms with Crippen LogP contribution in [0.3, 0.4) is 0 Å². The summed E-state index contributed by atoms with van der Waals surface area (Å²) in [5.74, 6) is 0.498. The van der Waals surface area contributed by atoms with Crippen LogP contribution in [0.25, 0.3) is 0 Å². The normalized spacial score (nSPS) is 22.7. The Hall–Kier alpha value is -0.650. The van der Waals surface area contributed by atoms with Crippen molar-refractivity contribution >= 4 is 5.91 Å². The van der Waals surface area contributed by atoms with Crippen LogP contribution < -0.4 is 16.4 Å². The number of carbonyl (C=O) groups is 1. The van der Waals surface area contributed by atoms with Gasteiger partial charge < -0.3 is 21.3 Å². The van der Waals surface area contributed by atoms with Crippen molar-refractivity contribution in [2.45, 2.75) is 47.1 Å². The van der Waals surface area contributed by atoms with Crippen molar-refractivity contribution in [3.8, 4) is 0 Å². The van der Waals surface area contributed by atoms with Gasteiger partial charge in [0.05, 0.1) is 5.54 Å². The molecule has 0 aromatic carbocycles. The Morgan fingerprint density at radius 1 is 1.18 bits per heavy atom. The lowest BCUT2D eigenvalue weighted by atomic mass is 9.81. The molecule has 1 aliphatic rings. The minimum absolute atomic E-state index is 0.0359. The zero-order valence-electron chi connectivity index (χ0n) is 15.3. The second kappa shape index (κ2) is 7.75. The smallest absolute Gasteiger partial charge is 0.240 e. The average Bonchev–Trinajstić information content (AvgIpc) is 2.44. The number of nitrogens with zero attached hydrogens (tertiary/aromatic N) is 1. The van der Waals surface area contributed by atoms with Crippen LogP contribution in [0.15, 0.2) is 0 Å². The van der Waals surface area contributed by atoms with E-state index in [-0.39, 0.29) is 17.2 Å². The molecule has 3 unspecified atom stereocenters. The van der Waals surface area contributed by atoms with Crippen molar-refractivity contribution in [2.75, 3.05) is 39.3 Å². The molecule has 1 saturated heterocycles. The molecule has 0 radical (unpaired) electrons. The predicted octanol–water partition coefficient (Wildman–Crippen LogP) is 1.04. The van der Waals surface area contributed by atoms with Gasteiger partial charge in [0.25, 0.3) is 0 Å². The average molecular weight is 313 g/mol. The highest BCUT2D eigenvalue weighted by molar-refractivity contribution is 5.85. The molecule has 3 atom stereocenters. The third-order valence-electron chi connectivity index (χ3n) is 5.30. The molecule has 0 bridgehead atoms. The van der Waals surface area contributed by atoms with Gasteiger partial charge in [-0.25, -0.2) is 0 Å². The molecule has 130 valence electrons. The number of amides is 1. The number of rotatable bonds is 6. The van der Waals surface area contributed by atoms with Gasteiger partial charge in [0.15, 0.2) is 0 Å². The molecule has 1 heterocycles. The maximum atomic E-state index is 12.5. The maximum absolute atomic E-state index is 12.5. The van der Waals surface area contributed by atoms with Crippen molar-refractivity contribution in [3.63, 3.8) is 0 Å². The summed E-state index contributed by atoms with van der Waals surface area (Å²) in [5.41, 5.74) is 5.72. The first-order valence-electron chi connectivity index (χ1n) is 8.55. The van der Waals surface area contributed by atoms with Gasteiger partial charge in [-0.2, -0.15) is 0 Å². The van der Waals surface area contributed by atoms with Crippen LogP contribution in [-0.2, 0) is 4.79 Å². The molecule has 0 saturated carbocycles. The molecule has 1 amide bonds. The number of hydrogen-bond acceptors (Lipinski definition) is 4. The predicted molar refractivity (Wildman–Crippen MR) is 92.7 cm³/mol. The Balaban J connectivity index is 2.50. The molecule has 0 spiro atoms. The Bertz CT molecular complexity index is 356. The summed E-state index contributed by atoms with van der Waals surface area (Å²) >= 11 is 0. The van der Waals surface area contributed by atoms with Gasteiger partial charge in [-0.3, -0.25) is 4.79 Å². The molecule has 5 nitrogen and oxygen atoms in total. The zero-order chi connectivity index (χ0) is 17.0. The fourth-order valence-electron chi connectivity index (χ4n) is 2.44. The molecular formula is C17H36N4O. The van der Waals surface area contributed by atoms with Crippen molar-refractivity contribution in [3.05, 3.63) is 0 Å². The quantitative estimate of drug-likeness (QED) is 0.685. The first kappa shape index (κ1) is 19.4. The SMILES string of the molecule is CC(CNC(=O)C(C)(N)C(C)CN1CCNCC1)C(C)(C)C. The largest absolute Gasteiger partial charge is 0.354 e. The molecule has 1 fully saturated rings. The van der Waals surface area contributed by atoms with Crippen LogP contribution in [0.5, 0.6) is 0 Å². The molecule has 0 aromatic heterocycles. The highest BCUT2D eigenvalue weighted by atomic mass is 16.2. The number of hydrogen-bond donors (Lipinski definition) is 3. The minimum atomic E-state index is -0.831. The van der Waals surface area contributed by atoms with Gasteiger partial charge in [-0.05, 0) is 24.2 Å². The van der Waals surface area contributed by atoms with E-state index >= 15 is 0 Å². The summed E-state index contributed by atoms with van der Waals surface area (Å²) in [6, 6.07) is 0. The van der Waals surface area contributed by atoms with Crippen LogP contribution in [0.2, 0.25) is 0 Å². The fourth-order valence-corrected chi connectivity index (χ4v) is 2.44. The lowest BCUT2D eigenvalue weighted by Gasteiger charge is -2.36. The van der Waals surface area contributed by atoms with Crippen molar-refractivity contribution < 1.29 is 4.79 Å². The minimum Gasteiger partial charge on any atom is -0.354 e. The van der Waals surface area contributed by atoms with E-state index in [0.29, 0.717) is 12.5 Å². The molecule has 0 aliphatic carbocycles. The molecule has 0 aromatic rings. The van der Waals surface area contributed by atoms with Crippen LogP contribution in [0.4, 0.5) is 0 Å². The maximum Gasteiger partial charge on any atom is 0.240 e. The summed E-state index contributed by atoms with van der Waals surface area (Å²) in [4.78, 5) is 14.9. The Kier molecular flexibility index (Phi) is 6.84. The van der Waals surface area contributed by atoms with Gasteiger partial charge in [0.2, 0.25) is 5.91 Å². The van der Waals surface area contributed by atoms with Crippen molar-refractivity contribution in [1.82, 2.24) is 15.5 Å². The van der Waals surface area contributed by atoms with Gasteiger partial charge >= 0.3 is 0 Å². The van der Waals surface area contributed by atoms with E-state index in [9.17, 15) is 4.79 Å². The van der Waals surface area contributed by atoms with Crippen molar-refractivity contribution in [2.24, 2.45) is 23.0 Å². The highest BCUT2D eigenvalue weighted by Crippen LogP contribution is 2.24. The molecule has 1 rings (SSSR count). The van der Waals surface area contributed by atoms with E-state index < -0.39 is 5.54 Å². The van der Waals surface area contributed by atoms with E-state index in [4.69, 9.17) is 5.73 Å². The van der Waals surface area contributed by atoms with Gasteiger partial charge in [-0.15, -0.1) is 0 Å². The number of nitrogens with two attached hydrogens (primary N) is 1. The zero-order valence-corrected chi connectivity index (χ0v) is 15.3. The summed E-state index contributed by atoms with van der Waals surface area (Å²) in [7, 11) is 0.